The van der Waals surface area contributed by atoms with Crippen molar-refractivity contribution in [1.29, 1.82) is 0 Å². The molecule has 1 aliphatic heterocycles. The maximum Gasteiger partial charge on any atom is 0.341 e. The zero-order chi connectivity index (χ0) is 27.6. The number of aromatic nitrogens is 4. The van der Waals surface area contributed by atoms with Gasteiger partial charge in [-0.05, 0) is 19.0 Å². The first-order chi connectivity index (χ1) is 18.7. The Balaban J connectivity index is 1.66. The van der Waals surface area contributed by atoms with Crippen LogP contribution >= 0.6 is 0 Å². The van der Waals surface area contributed by atoms with Crippen LogP contribution in [0.2, 0.25) is 0 Å². The Morgan fingerprint density at radius 1 is 1.18 bits per heavy atom. The molecule has 6 rings (SSSR count). The molecule has 10 nitrogen and oxygen atoms in total. The van der Waals surface area contributed by atoms with Gasteiger partial charge in [-0.3, -0.25) is 4.79 Å². The van der Waals surface area contributed by atoms with Crippen LogP contribution in [0.15, 0.2) is 35.5 Å². The van der Waals surface area contributed by atoms with Crippen molar-refractivity contribution in [3.05, 3.63) is 58.1 Å². The predicted molar refractivity (Wildman–Crippen MR) is 146 cm³/mol. The lowest BCUT2D eigenvalue weighted by Gasteiger charge is -2.20. The average Bonchev–Trinajstić information content (AvgIpc) is 3.56. The highest BCUT2D eigenvalue weighted by molar-refractivity contribution is 6.18. The van der Waals surface area contributed by atoms with Gasteiger partial charge in [0, 0.05) is 74.9 Å². The molecule has 200 valence electrons. The van der Waals surface area contributed by atoms with Crippen LogP contribution < -0.4 is 21.0 Å². The highest BCUT2D eigenvalue weighted by atomic mass is 19.1. The number of anilines is 2. The fraction of sp³-hybridized carbons (Fsp3) is 0.259. The van der Waals surface area contributed by atoms with Gasteiger partial charge in [-0.2, -0.15) is 0 Å². The number of aromatic amines is 1. The molecule has 5 heterocycles. The Bertz CT molecular complexity index is 1870. The van der Waals surface area contributed by atoms with Crippen LogP contribution in [0.3, 0.4) is 0 Å². The number of fused-ring (bicyclic) bond motifs is 4. The van der Waals surface area contributed by atoms with Gasteiger partial charge in [0.15, 0.2) is 5.82 Å². The van der Waals surface area contributed by atoms with Crippen molar-refractivity contribution in [2.75, 3.05) is 44.4 Å². The maximum absolute atomic E-state index is 15.2. The Labute approximate surface area is 220 Å². The molecule has 0 radical (unpaired) electrons. The molecule has 1 fully saturated rings. The van der Waals surface area contributed by atoms with Gasteiger partial charge in [0.25, 0.3) is 0 Å². The van der Waals surface area contributed by atoms with Gasteiger partial charge >= 0.3 is 5.97 Å². The molecule has 4 aromatic heterocycles. The second-order valence-corrected chi connectivity index (χ2v) is 9.80. The normalized spacial score (nSPS) is 15.5. The van der Waals surface area contributed by atoms with Gasteiger partial charge in [0.1, 0.15) is 22.7 Å². The molecule has 4 N–H and O–H groups in total. The van der Waals surface area contributed by atoms with E-state index in [2.05, 4.69) is 25.6 Å². The lowest BCUT2D eigenvalue weighted by molar-refractivity contribution is 0.0694. The Morgan fingerprint density at radius 3 is 2.64 bits per heavy atom. The number of aromatic carboxylic acids is 1. The third-order valence-electron chi connectivity index (χ3n) is 7.31. The van der Waals surface area contributed by atoms with Crippen molar-refractivity contribution >= 4 is 50.3 Å². The van der Waals surface area contributed by atoms with Crippen LogP contribution in [0.1, 0.15) is 22.8 Å². The van der Waals surface area contributed by atoms with Gasteiger partial charge in [-0.1, -0.05) is 0 Å². The van der Waals surface area contributed by atoms with E-state index in [0.29, 0.717) is 40.0 Å². The lowest BCUT2D eigenvalue weighted by atomic mass is 10.0. The smallest absolute Gasteiger partial charge is 0.341 e. The molecule has 0 spiro atoms. The number of halogens is 2. The quantitative estimate of drug-likeness (QED) is 0.269. The van der Waals surface area contributed by atoms with Gasteiger partial charge in [0.2, 0.25) is 5.43 Å². The molecule has 1 unspecified atom stereocenters. The topological polar surface area (TPSA) is 128 Å². The van der Waals surface area contributed by atoms with E-state index >= 15 is 4.39 Å². The Hall–Kier alpha value is -4.58. The zero-order valence-corrected chi connectivity index (χ0v) is 21.4. The number of carboxylic acid groups (broad SMARTS) is 1. The molecular formula is C27H25F2N7O3. The number of H-pyrrole nitrogens is 1. The van der Waals surface area contributed by atoms with Crippen LogP contribution in [0.5, 0.6) is 0 Å². The van der Waals surface area contributed by atoms with Crippen molar-refractivity contribution in [3.63, 3.8) is 0 Å². The number of pyridine rings is 3. The number of benzene rings is 1. The molecule has 1 aromatic carbocycles. The van der Waals surface area contributed by atoms with Crippen LogP contribution in [-0.2, 0) is 0 Å². The van der Waals surface area contributed by atoms with E-state index in [1.165, 1.54) is 6.20 Å². The van der Waals surface area contributed by atoms with Gasteiger partial charge in [-0.25, -0.2) is 23.5 Å². The van der Waals surface area contributed by atoms with E-state index in [-0.39, 0.29) is 33.6 Å². The summed E-state index contributed by atoms with van der Waals surface area (Å²) < 4.78 is 31.5. The summed E-state index contributed by atoms with van der Waals surface area (Å²) in [6, 6.07) is 2.39. The van der Waals surface area contributed by atoms with Crippen LogP contribution in [0.25, 0.3) is 44.1 Å². The maximum atomic E-state index is 15.2. The number of hydrogen-bond acceptors (Lipinski definition) is 7. The third-order valence-corrected chi connectivity index (χ3v) is 7.31. The average molecular weight is 534 g/mol. The van der Waals surface area contributed by atoms with Crippen LogP contribution in [-0.4, -0.2) is 64.8 Å². The highest BCUT2D eigenvalue weighted by Crippen LogP contribution is 2.42. The first-order valence-electron chi connectivity index (χ1n) is 12.4. The molecule has 39 heavy (non-hydrogen) atoms. The fourth-order valence-electron chi connectivity index (χ4n) is 5.55. The summed E-state index contributed by atoms with van der Waals surface area (Å²) in [5, 5.41) is 16.5. The molecule has 0 saturated carbocycles. The van der Waals surface area contributed by atoms with E-state index in [1.54, 1.807) is 49.1 Å². The Kier molecular flexibility index (Phi) is 5.72. The van der Waals surface area contributed by atoms with Crippen LogP contribution in [0.4, 0.5) is 20.2 Å². The molecule has 1 saturated heterocycles. The molecule has 0 aliphatic carbocycles. The first kappa shape index (κ1) is 24.7. The molecule has 1 aliphatic rings. The summed E-state index contributed by atoms with van der Waals surface area (Å²) >= 11 is 0. The summed E-state index contributed by atoms with van der Waals surface area (Å²) in [6.07, 6.45) is 5.31. The van der Waals surface area contributed by atoms with Crippen molar-refractivity contribution in [1.82, 2.24) is 24.8 Å². The number of carbonyl (C=O) groups is 1. The van der Waals surface area contributed by atoms with Gasteiger partial charge in [-0.15, -0.1) is 0 Å². The Morgan fingerprint density at radius 2 is 1.97 bits per heavy atom. The number of rotatable bonds is 5. The van der Waals surface area contributed by atoms with Crippen molar-refractivity contribution < 1.29 is 18.7 Å². The van der Waals surface area contributed by atoms with E-state index in [0.717, 1.165) is 19.0 Å². The highest BCUT2D eigenvalue weighted by Gasteiger charge is 2.25. The van der Waals surface area contributed by atoms with E-state index in [9.17, 15) is 19.1 Å². The van der Waals surface area contributed by atoms with Crippen molar-refractivity contribution in [2.45, 2.75) is 12.5 Å². The monoisotopic (exact) mass is 533 g/mol. The van der Waals surface area contributed by atoms with Gasteiger partial charge < -0.3 is 30.2 Å². The van der Waals surface area contributed by atoms with Crippen molar-refractivity contribution in [3.8, 4) is 11.1 Å². The first-order valence-corrected chi connectivity index (χ1v) is 12.4. The molecular weight excluding hydrogens is 508 g/mol. The minimum Gasteiger partial charge on any atom is -0.477 e. The van der Waals surface area contributed by atoms with Gasteiger partial charge in [0.05, 0.1) is 27.7 Å². The fourth-order valence-corrected chi connectivity index (χ4v) is 5.55. The number of carboxylic acids is 1. The predicted octanol–water partition coefficient (Wildman–Crippen LogP) is 3.71. The second kappa shape index (κ2) is 9.02. The third kappa shape index (κ3) is 3.70. The van der Waals surface area contributed by atoms with E-state index < -0.39 is 23.0 Å². The minimum absolute atomic E-state index is 0.0455. The van der Waals surface area contributed by atoms with E-state index in [4.69, 9.17) is 0 Å². The standard InChI is InChI=1S/C27H25F2N7O3/c1-30-21-18(29)7-17(28)19-20-23(35(2)3)15(10-32-25(20)34-22(19)21)12-6-14-24(37)16(27(38)39)11-36(26(14)33-8-12)13-4-5-31-9-13/h6-8,10-11,13,30-31H,4-5,9H2,1-3H3,(H,32,34)(H,38,39). The summed E-state index contributed by atoms with van der Waals surface area (Å²) in [5.74, 6) is -2.79. The minimum atomic E-state index is -1.31. The summed E-state index contributed by atoms with van der Waals surface area (Å²) in [6.45, 7) is 1.41. The number of nitrogens with one attached hydrogen (secondary N) is 3. The summed E-state index contributed by atoms with van der Waals surface area (Å²) in [4.78, 5) is 39.1. The number of hydrogen-bond donors (Lipinski definition) is 4. The number of nitrogens with zero attached hydrogens (tertiary/aromatic N) is 4. The molecule has 0 amide bonds. The molecule has 12 heteroatoms. The summed E-state index contributed by atoms with van der Waals surface area (Å²) in [5.41, 5.74) is 1.76. The SMILES string of the molecule is CNc1c(F)cc(F)c2c1[nH]c1ncc(-c3cnc4c(c3)c(=O)c(C(=O)O)cn4C3CCNC3)c(N(C)C)c12. The molecule has 0 bridgehead atoms. The second-order valence-electron chi connectivity index (χ2n) is 9.80. The van der Waals surface area contributed by atoms with E-state index in [1.807, 2.05) is 0 Å². The van der Waals surface area contributed by atoms with Crippen LogP contribution in [0, 0.1) is 11.6 Å². The zero-order valence-electron chi connectivity index (χ0n) is 21.4. The largest absolute Gasteiger partial charge is 0.477 e. The van der Waals surface area contributed by atoms with Crippen molar-refractivity contribution in [2.24, 2.45) is 0 Å². The summed E-state index contributed by atoms with van der Waals surface area (Å²) in [7, 11) is 5.12. The lowest BCUT2D eigenvalue weighted by Crippen LogP contribution is -2.23. The molecule has 1 atom stereocenters. The molecule has 5 aromatic rings.